The molecule has 156 valence electrons. The summed E-state index contributed by atoms with van der Waals surface area (Å²) in [4.78, 5) is 26.0. The standard InChI is InChI=1S/C15H15ClF5N3O4/c16-12-10(24(26)27)5-9(14(23-12)28-6-11(17)18)13(25)22-8-3-1-7(2-4-8)15(19,20)21/h5,7-8,11H,1-4,6H2,(H,22,25). The summed E-state index contributed by atoms with van der Waals surface area (Å²) in [5.74, 6) is -3.02. The van der Waals surface area contributed by atoms with Gasteiger partial charge >= 0.3 is 11.9 Å². The second kappa shape index (κ2) is 8.84. The molecule has 1 fully saturated rings. The number of hydrogen-bond acceptors (Lipinski definition) is 5. The van der Waals surface area contributed by atoms with Crippen LogP contribution in [-0.2, 0) is 0 Å². The van der Waals surface area contributed by atoms with E-state index < -0.39 is 64.3 Å². The van der Waals surface area contributed by atoms with E-state index in [1.54, 1.807) is 0 Å². The lowest BCUT2D eigenvalue weighted by Gasteiger charge is -2.30. The largest absolute Gasteiger partial charge is 0.471 e. The van der Waals surface area contributed by atoms with Gasteiger partial charge in [0.15, 0.2) is 6.61 Å². The summed E-state index contributed by atoms with van der Waals surface area (Å²) in [6, 6.07) is 0.121. The van der Waals surface area contributed by atoms with Crippen molar-refractivity contribution in [1.82, 2.24) is 10.3 Å². The van der Waals surface area contributed by atoms with Gasteiger partial charge in [0.1, 0.15) is 5.56 Å². The molecular formula is C15H15ClF5N3O4. The van der Waals surface area contributed by atoms with E-state index in [-0.39, 0.29) is 25.7 Å². The second-order valence-electron chi connectivity index (χ2n) is 6.17. The van der Waals surface area contributed by atoms with Gasteiger partial charge < -0.3 is 10.1 Å². The molecule has 0 unspecified atom stereocenters. The second-order valence-corrected chi connectivity index (χ2v) is 6.53. The number of alkyl halides is 5. The minimum absolute atomic E-state index is 0.0479. The molecule has 1 amide bonds. The van der Waals surface area contributed by atoms with Crippen molar-refractivity contribution >= 4 is 23.2 Å². The van der Waals surface area contributed by atoms with Crippen LogP contribution in [0.25, 0.3) is 0 Å². The Labute approximate surface area is 160 Å². The maximum Gasteiger partial charge on any atom is 0.391 e. The highest BCUT2D eigenvalue weighted by atomic mass is 35.5. The van der Waals surface area contributed by atoms with Crippen LogP contribution in [0.4, 0.5) is 27.6 Å². The number of nitrogens with zero attached hydrogens (tertiary/aromatic N) is 2. The molecule has 1 saturated carbocycles. The smallest absolute Gasteiger partial charge is 0.391 e. The number of carbonyl (C=O) groups excluding carboxylic acids is 1. The summed E-state index contributed by atoms with van der Waals surface area (Å²) in [6.45, 7) is -1.13. The van der Waals surface area contributed by atoms with Crippen LogP contribution in [0.5, 0.6) is 5.88 Å². The summed E-state index contributed by atoms with van der Waals surface area (Å²) < 4.78 is 67.6. The molecule has 2 rings (SSSR count). The Morgan fingerprint density at radius 3 is 2.46 bits per heavy atom. The number of aromatic nitrogens is 1. The van der Waals surface area contributed by atoms with E-state index in [1.807, 2.05) is 0 Å². The van der Waals surface area contributed by atoms with Crippen molar-refractivity contribution in [3.8, 4) is 5.88 Å². The lowest BCUT2D eigenvalue weighted by molar-refractivity contribution is -0.385. The SMILES string of the molecule is O=C(NC1CCC(C(F)(F)F)CC1)c1cc([N+](=O)[O-])c(Cl)nc1OCC(F)F. The molecule has 0 saturated heterocycles. The summed E-state index contributed by atoms with van der Waals surface area (Å²) in [6.07, 6.45) is -7.47. The van der Waals surface area contributed by atoms with E-state index in [0.717, 1.165) is 6.07 Å². The summed E-state index contributed by atoms with van der Waals surface area (Å²) in [7, 11) is 0. The molecule has 1 aromatic rings. The van der Waals surface area contributed by atoms with Crippen molar-refractivity contribution in [3.05, 3.63) is 26.9 Å². The molecular weight excluding hydrogens is 417 g/mol. The number of nitrogens with one attached hydrogen (secondary N) is 1. The van der Waals surface area contributed by atoms with Crippen LogP contribution < -0.4 is 10.1 Å². The fraction of sp³-hybridized carbons (Fsp3) is 0.600. The molecule has 1 aliphatic carbocycles. The van der Waals surface area contributed by atoms with Gasteiger partial charge in [-0.2, -0.15) is 18.2 Å². The first-order valence-electron chi connectivity index (χ1n) is 8.12. The van der Waals surface area contributed by atoms with Crippen LogP contribution in [0.1, 0.15) is 36.0 Å². The normalized spacial score (nSPS) is 20.1. The molecule has 28 heavy (non-hydrogen) atoms. The topological polar surface area (TPSA) is 94.4 Å². The maximum atomic E-state index is 12.7. The maximum absolute atomic E-state index is 12.7. The number of carbonyl (C=O) groups is 1. The number of ether oxygens (including phenoxy) is 1. The number of nitro groups is 1. The highest BCUT2D eigenvalue weighted by molar-refractivity contribution is 6.31. The Balaban J connectivity index is 2.16. The van der Waals surface area contributed by atoms with Gasteiger partial charge in [-0.1, -0.05) is 11.6 Å². The summed E-state index contributed by atoms with van der Waals surface area (Å²) in [5.41, 5.74) is -1.24. The monoisotopic (exact) mass is 431 g/mol. The summed E-state index contributed by atoms with van der Waals surface area (Å²) >= 11 is 5.61. The fourth-order valence-electron chi connectivity index (χ4n) is 2.84. The predicted octanol–water partition coefficient (Wildman–Crippen LogP) is 4.14. The van der Waals surface area contributed by atoms with Gasteiger partial charge in [0.25, 0.3) is 12.3 Å². The lowest BCUT2D eigenvalue weighted by Crippen LogP contribution is -2.40. The average molecular weight is 432 g/mol. The highest BCUT2D eigenvalue weighted by Gasteiger charge is 2.41. The van der Waals surface area contributed by atoms with E-state index in [2.05, 4.69) is 10.3 Å². The molecule has 7 nitrogen and oxygen atoms in total. The Kier molecular flexibility index (Phi) is 6.96. The Hall–Kier alpha value is -2.24. The number of rotatable bonds is 6. The molecule has 1 N–H and O–H groups in total. The van der Waals surface area contributed by atoms with Gasteiger partial charge in [-0.15, -0.1) is 0 Å². The van der Waals surface area contributed by atoms with Gasteiger partial charge in [-0.3, -0.25) is 14.9 Å². The van der Waals surface area contributed by atoms with Crippen molar-refractivity contribution in [2.75, 3.05) is 6.61 Å². The minimum atomic E-state index is -4.31. The molecule has 0 spiro atoms. The molecule has 1 aliphatic rings. The zero-order chi connectivity index (χ0) is 21.1. The molecule has 0 bridgehead atoms. The predicted molar refractivity (Wildman–Crippen MR) is 86.7 cm³/mol. The number of amides is 1. The first-order valence-corrected chi connectivity index (χ1v) is 8.50. The summed E-state index contributed by atoms with van der Waals surface area (Å²) in [5, 5.41) is 12.8. The van der Waals surface area contributed by atoms with Crippen molar-refractivity contribution in [3.63, 3.8) is 0 Å². The first kappa shape index (κ1) is 22.1. The third-order valence-electron chi connectivity index (χ3n) is 4.24. The van der Waals surface area contributed by atoms with E-state index in [4.69, 9.17) is 16.3 Å². The van der Waals surface area contributed by atoms with Gasteiger partial charge in [-0.25, -0.2) is 8.78 Å². The Morgan fingerprint density at radius 1 is 1.36 bits per heavy atom. The number of hydrogen-bond donors (Lipinski definition) is 1. The lowest BCUT2D eigenvalue weighted by atomic mass is 9.85. The third-order valence-corrected chi connectivity index (χ3v) is 4.51. The minimum Gasteiger partial charge on any atom is -0.471 e. The third kappa shape index (κ3) is 5.63. The van der Waals surface area contributed by atoms with Crippen LogP contribution in [0, 0.1) is 16.0 Å². The average Bonchev–Trinajstić information content (AvgIpc) is 2.59. The van der Waals surface area contributed by atoms with Crippen LogP contribution in [0.2, 0.25) is 5.15 Å². The quantitative estimate of drug-likeness (QED) is 0.316. The number of halogens is 6. The number of pyridine rings is 1. The molecule has 1 heterocycles. The van der Waals surface area contributed by atoms with Crippen molar-refractivity contribution in [1.29, 1.82) is 0 Å². The van der Waals surface area contributed by atoms with E-state index in [0.29, 0.717) is 0 Å². The van der Waals surface area contributed by atoms with Gasteiger partial charge in [-0.05, 0) is 25.7 Å². The van der Waals surface area contributed by atoms with Crippen molar-refractivity contribution in [2.45, 2.75) is 44.3 Å². The van der Waals surface area contributed by atoms with Crippen LogP contribution in [-0.4, -0.2) is 41.1 Å². The molecule has 1 aromatic heterocycles. The van der Waals surface area contributed by atoms with Gasteiger partial charge in [0, 0.05) is 12.1 Å². The van der Waals surface area contributed by atoms with E-state index >= 15 is 0 Å². The van der Waals surface area contributed by atoms with Crippen molar-refractivity contribution < 1.29 is 36.4 Å². The van der Waals surface area contributed by atoms with Gasteiger partial charge in [0.2, 0.25) is 11.0 Å². The molecule has 0 aromatic carbocycles. The fourth-order valence-corrected chi connectivity index (χ4v) is 3.04. The molecule has 13 heteroatoms. The van der Waals surface area contributed by atoms with Crippen LogP contribution >= 0.6 is 11.6 Å². The Bertz CT molecular complexity index is 739. The van der Waals surface area contributed by atoms with Crippen LogP contribution in [0.3, 0.4) is 0 Å². The molecule has 0 aliphatic heterocycles. The van der Waals surface area contributed by atoms with Gasteiger partial charge in [0.05, 0.1) is 10.8 Å². The first-order chi connectivity index (χ1) is 13.0. The zero-order valence-corrected chi connectivity index (χ0v) is 14.9. The molecule has 0 atom stereocenters. The van der Waals surface area contributed by atoms with Crippen molar-refractivity contribution in [2.24, 2.45) is 5.92 Å². The molecule has 0 radical (unpaired) electrons. The zero-order valence-electron chi connectivity index (χ0n) is 14.1. The highest BCUT2D eigenvalue weighted by Crippen LogP contribution is 2.37. The Morgan fingerprint density at radius 2 is 1.96 bits per heavy atom. The van der Waals surface area contributed by atoms with Crippen LogP contribution in [0.15, 0.2) is 6.07 Å². The van der Waals surface area contributed by atoms with E-state index in [1.165, 1.54) is 0 Å². The van der Waals surface area contributed by atoms with E-state index in [9.17, 15) is 36.9 Å².